The van der Waals surface area contributed by atoms with Gasteiger partial charge in [0.15, 0.2) is 6.04 Å². The van der Waals surface area contributed by atoms with E-state index in [4.69, 9.17) is 5.73 Å². The van der Waals surface area contributed by atoms with Crippen molar-refractivity contribution in [1.82, 2.24) is 4.90 Å². The number of aliphatic carboxylic acids is 1. The molecule has 8 heteroatoms. The van der Waals surface area contributed by atoms with Gasteiger partial charge in [-0.05, 0) is 18.1 Å². The molecule has 132 valence electrons. The first-order chi connectivity index (χ1) is 11.9. The summed E-state index contributed by atoms with van der Waals surface area (Å²) in [6.07, 6.45) is 0.0230. The Morgan fingerprint density at radius 3 is 2.44 bits per heavy atom. The Hall–Kier alpha value is -2.90. The molecule has 2 amide bonds. The minimum absolute atomic E-state index is 0.0230. The number of hydrogen-bond donors (Lipinski definition) is 2. The number of benzene rings is 1. The van der Waals surface area contributed by atoms with Gasteiger partial charge >= 0.3 is 5.97 Å². The second kappa shape index (κ2) is 6.54. The van der Waals surface area contributed by atoms with E-state index in [1.807, 2.05) is 13.0 Å². The molecule has 25 heavy (non-hydrogen) atoms. The molecule has 1 aromatic rings. The minimum atomic E-state index is -1.04. The molecule has 2 aliphatic heterocycles. The van der Waals surface area contributed by atoms with Crippen LogP contribution in [0.4, 0.5) is 5.69 Å². The first-order valence-corrected chi connectivity index (χ1v) is 8.11. The van der Waals surface area contributed by atoms with Crippen LogP contribution in [0.15, 0.2) is 35.4 Å². The monoisotopic (exact) mass is 344 g/mol. The molecule has 8 nitrogen and oxygen atoms in total. The van der Waals surface area contributed by atoms with Crippen molar-refractivity contribution in [2.45, 2.75) is 19.4 Å². The van der Waals surface area contributed by atoms with E-state index in [1.54, 1.807) is 24.3 Å². The number of rotatable bonds is 4. The third-order valence-corrected chi connectivity index (χ3v) is 4.73. The van der Waals surface area contributed by atoms with Crippen LogP contribution in [0, 0.1) is 11.8 Å². The lowest BCUT2D eigenvalue weighted by Crippen LogP contribution is -2.37. The molecule has 3 N–H and O–H groups in total. The third-order valence-electron chi connectivity index (χ3n) is 4.73. The van der Waals surface area contributed by atoms with Crippen LogP contribution in [0.25, 0.3) is 0 Å². The molecule has 3 rings (SSSR count). The number of hydrogen-bond acceptors (Lipinski definition) is 5. The second-order valence-electron chi connectivity index (χ2n) is 6.48. The summed E-state index contributed by atoms with van der Waals surface area (Å²) in [7, 11) is 0. The predicted octanol–water partition coefficient (Wildman–Crippen LogP) is 0.286. The largest absolute Gasteiger partial charge is 0.480 e. The zero-order valence-electron chi connectivity index (χ0n) is 13.8. The average molecular weight is 344 g/mol. The maximum absolute atomic E-state index is 12.7. The molecule has 1 unspecified atom stereocenters. The first-order valence-electron chi connectivity index (χ1n) is 8.11. The van der Waals surface area contributed by atoms with Gasteiger partial charge in [-0.3, -0.25) is 14.6 Å². The Morgan fingerprint density at radius 1 is 1.20 bits per heavy atom. The van der Waals surface area contributed by atoms with Crippen LogP contribution in [0.3, 0.4) is 0 Å². The maximum Gasteiger partial charge on any atom is 0.328 e. The highest BCUT2D eigenvalue weighted by molar-refractivity contribution is 6.40. The molecule has 2 heterocycles. The smallest absolute Gasteiger partial charge is 0.328 e. The minimum Gasteiger partial charge on any atom is -0.480 e. The van der Waals surface area contributed by atoms with Crippen molar-refractivity contribution < 1.29 is 19.5 Å². The van der Waals surface area contributed by atoms with Crippen molar-refractivity contribution in [1.29, 1.82) is 0 Å². The fourth-order valence-electron chi connectivity index (χ4n) is 3.34. The SMILES string of the molecule is C[C@@H]1CN(C(=O)C2=NN(c3ccccc3)C(C(=O)O)C2)C[C@H]1C(N)=O. The molecule has 1 saturated heterocycles. The first kappa shape index (κ1) is 16.9. The molecule has 0 saturated carbocycles. The van der Waals surface area contributed by atoms with E-state index < -0.39 is 17.9 Å². The van der Waals surface area contributed by atoms with E-state index in [0.717, 1.165) is 0 Å². The number of para-hydroxylation sites is 1. The van der Waals surface area contributed by atoms with Crippen LogP contribution in [-0.4, -0.2) is 52.6 Å². The number of hydrazone groups is 1. The molecule has 0 aromatic heterocycles. The summed E-state index contributed by atoms with van der Waals surface area (Å²) in [5.74, 6) is -2.21. The summed E-state index contributed by atoms with van der Waals surface area (Å²) in [6, 6.07) is 7.95. The molecule has 2 aliphatic rings. The number of anilines is 1. The normalized spacial score (nSPS) is 25.8. The van der Waals surface area contributed by atoms with Crippen molar-refractivity contribution >= 4 is 29.2 Å². The second-order valence-corrected chi connectivity index (χ2v) is 6.48. The van der Waals surface area contributed by atoms with E-state index in [-0.39, 0.29) is 36.4 Å². The summed E-state index contributed by atoms with van der Waals surface area (Å²) in [5, 5.41) is 15.1. The number of amides is 2. The van der Waals surface area contributed by atoms with Crippen LogP contribution in [0.2, 0.25) is 0 Å². The molecule has 0 radical (unpaired) electrons. The van der Waals surface area contributed by atoms with E-state index in [0.29, 0.717) is 12.2 Å². The summed E-state index contributed by atoms with van der Waals surface area (Å²) in [5.41, 5.74) is 6.17. The van der Waals surface area contributed by atoms with Crippen molar-refractivity contribution in [2.24, 2.45) is 22.7 Å². The van der Waals surface area contributed by atoms with Gasteiger partial charge in [0.2, 0.25) is 5.91 Å². The number of carboxylic acids is 1. The van der Waals surface area contributed by atoms with Gasteiger partial charge in [-0.25, -0.2) is 4.79 Å². The van der Waals surface area contributed by atoms with Gasteiger partial charge in [0.1, 0.15) is 5.71 Å². The third kappa shape index (κ3) is 3.19. The van der Waals surface area contributed by atoms with Gasteiger partial charge in [0.25, 0.3) is 5.91 Å². The Morgan fingerprint density at radius 2 is 1.88 bits per heavy atom. The Kier molecular flexibility index (Phi) is 4.43. The predicted molar refractivity (Wildman–Crippen MR) is 90.8 cm³/mol. The molecular weight excluding hydrogens is 324 g/mol. The fraction of sp³-hybridized carbons (Fsp3) is 0.412. The highest BCUT2D eigenvalue weighted by Crippen LogP contribution is 2.27. The Bertz CT molecular complexity index is 733. The van der Waals surface area contributed by atoms with E-state index in [9.17, 15) is 19.5 Å². The highest BCUT2D eigenvalue weighted by atomic mass is 16.4. The van der Waals surface area contributed by atoms with Crippen LogP contribution in [0.1, 0.15) is 13.3 Å². The van der Waals surface area contributed by atoms with Gasteiger partial charge in [0, 0.05) is 19.5 Å². The van der Waals surface area contributed by atoms with E-state index in [1.165, 1.54) is 9.91 Å². The van der Waals surface area contributed by atoms with Crippen molar-refractivity contribution in [2.75, 3.05) is 18.1 Å². The number of nitrogens with two attached hydrogens (primary N) is 1. The summed E-state index contributed by atoms with van der Waals surface area (Å²) in [6.45, 7) is 2.53. The van der Waals surface area contributed by atoms with Crippen molar-refractivity contribution in [3.63, 3.8) is 0 Å². The summed E-state index contributed by atoms with van der Waals surface area (Å²) < 4.78 is 0. The Balaban J connectivity index is 1.81. The standard InChI is InChI=1S/C17H20N4O4/c1-10-8-20(9-12(10)15(18)22)16(23)13-7-14(17(24)25)21(19-13)11-5-3-2-4-6-11/h2-6,10,12,14H,7-9H2,1H3,(H2,18,22)(H,24,25)/t10-,12-,14?/m1/s1. The summed E-state index contributed by atoms with van der Waals surface area (Å²) in [4.78, 5) is 37.3. The maximum atomic E-state index is 12.7. The lowest BCUT2D eigenvalue weighted by molar-refractivity contribution is -0.138. The van der Waals surface area contributed by atoms with Crippen LogP contribution >= 0.6 is 0 Å². The van der Waals surface area contributed by atoms with E-state index >= 15 is 0 Å². The fourth-order valence-corrected chi connectivity index (χ4v) is 3.34. The zero-order chi connectivity index (χ0) is 18.1. The molecule has 0 bridgehead atoms. The van der Waals surface area contributed by atoms with Gasteiger partial charge in [-0.2, -0.15) is 5.10 Å². The van der Waals surface area contributed by atoms with Gasteiger partial charge in [0.05, 0.1) is 11.6 Å². The van der Waals surface area contributed by atoms with Crippen molar-refractivity contribution in [3.8, 4) is 0 Å². The number of primary amides is 1. The summed E-state index contributed by atoms with van der Waals surface area (Å²) >= 11 is 0. The Labute approximate surface area is 144 Å². The molecule has 0 spiro atoms. The molecule has 1 aromatic carbocycles. The van der Waals surface area contributed by atoms with Crippen molar-refractivity contribution in [3.05, 3.63) is 30.3 Å². The number of likely N-dealkylation sites (tertiary alicyclic amines) is 1. The molecule has 0 aliphatic carbocycles. The van der Waals surface area contributed by atoms with E-state index in [2.05, 4.69) is 5.10 Å². The lowest BCUT2D eigenvalue weighted by atomic mass is 9.98. The van der Waals surface area contributed by atoms with Crippen LogP contribution in [0.5, 0.6) is 0 Å². The quantitative estimate of drug-likeness (QED) is 0.814. The van der Waals surface area contributed by atoms with Crippen LogP contribution < -0.4 is 10.7 Å². The molecule has 1 fully saturated rings. The topological polar surface area (TPSA) is 116 Å². The highest BCUT2D eigenvalue weighted by Gasteiger charge is 2.41. The number of nitrogens with zero attached hydrogens (tertiary/aromatic N) is 3. The molecular formula is C17H20N4O4. The molecule has 3 atom stereocenters. The number of carboxylic acid groups (broad SMARTS) is 1. The van der Waals surface area contributed by atoms with Crippen LogP contribution in [-0.2, 0) is 14.4 Å². The van der Waals surface area contributed by atoms with Gasteiger partial charge in [-0.15, -0.1) is 0 Å². The zero-order valence-corrected chi connectivity index (χ0v) is 13.8. The number of carbonyl (C=O) groups is 3. The average Bonchev–Trinajstić information content (AvgIpc) is 3.19. The number of carbonyl (C=O) groups excluding carboxylic acids is 2. The van der Waals surface area contributed by atoms with Gasteiger partial charge in [-0.1, -0.05) is 25.1 Å². The van der Waals surface area contributed by atoms with Gasteiger partial charge < -0.3 is 15.7 Å². The lowest BCUT2D eigenvalue weighted by Gasteiger charge is -2.19.